The first-order valence-electron chi connectivity index (χ1n) is 11.2. The number of benzene rings is 3. The average Bonchev–Trinajstić information content (AvgIpc) is 3.46. The minimum Gasteiger partial charge on any atom is -0.504 e. The Hall–Kier alpha value is -4.72. The summed E-state index contributed by atoms with van der Waals surface area (Å²) in [7, 11) is 4.65. The normalized spacial score (nSPS) is 10.9. The van der Waals surface area contributed by atoms with Crippen molar-refractivity contribution < 1.29 is 24.1 Å². The number of imidazole rings is 1. The third-order valence-corrected chi connectivity index (χ3v) is 5.63. The van der Waals surface area contributed by atoms with Crippen molar-refractivity contribution in [1.29, 1.82) is 0 Å². The van der Waals surface area contributed by atoms with Gasteiger partial charge in [0, 0.05) is 17.8 Å². The Kier molecular flexibility index (Phi) is 7.55. The summed E-state index contributed by atoms with van der Waals surface area (Å²) in [5.41, 5.74) is 4.13. The summed E-state index contributed by atoms with van der Waals surface area (Å²) in [4.78, 5) is 22.3. The maximum Gasteiger partial charge on any atom is 0.251 e. The third-order valence-electron chi connectivity index (χ3n) is 5.63. The third kappa shape index (κ3) is 5.67. The zero-order valence-corrected chi connectivity index (χ0v) is 20.3. The monoisotopic (exact) mass is 485 g/mol. The van der Waals surface area contributed by atoms with Crippen LogP contribution in [0.3, 0.4) is 0 Å². The Morgan fingerprint density at radius 1 is 0.972 bits per heavy atom. The molecular formula is C28H27N3O5. The van der Waals surface area contributed by atoms with Gasteiger partial charge in [-0.15, -0.1) is 0 Å². The standard InChI is InChI=1S/C28H27N3O5/c1-34-23-12-20(13-24(15-23)35-2)17-31(22-8-6-21(7-9-22)25-16-29-18-30-25)28(33)11-5-19-4-10-26(32)27(14-19)36-3/h4-16,18,32H,17H2,1-3H3,(H,29,30)/b11-5+. The lowest BCUT2D eigenvalue weighted by Gasteiger charge is -2.22. The van der Waals surface area contributed by atoms with Gasteiger partial charge < -0.3 is 29.2 Å². The summed E-state index contributed by atoms with van der Waals surface area (Å²) in [5.74, 6) is 1.42. The minimum absolute atomic E-state index is 0.0342. The number of amides is 1. The molecule has 0 bridgehead atoms. The van der Waals surface area contributed by atoms with Crippen LogP contribution in [0, 0.1) is 0 Å². The first-order valence-corrected chi connectivity index (χ1v) is 11.2. The Morgan fingerprint density at radius 2 is 1.69 bits per heavy atom. The molecule has 0 spiro atoms. The zero-order valence-electron chi connectivity index (χ0n) is 20.3. The fourth-order valence-corrected chi connectivity index (χ4v) is 3.73. The van der Waals surface area contributed by atoms with Gasteiger partial charge in [0.1, 0.15) is 11.5 Å². The number of aromatic nitrogens is 2. The maximum atomic E-state index is 13.4. The van der Waals surface area contributed by atoms with E-state index in [1.54, 1.807) is 55.9 Å². The number of hydrogen-bond acceptors (Lipinski definition) is 6. The molecule has 8 nitrogen and oxygen atoms in total. The average molecular weight is 486 g/mol. The van der Waals surface area contributed by atoms with Crippen molar-refractivity contribution in [2.75, 3.05) is 26.2 Å². The number of phenolic OH excluding ortho intramolecular Hbond substituents is 1. The van der Waals surface area contributed by atoms with E-state index in [9.17, 15) is 9.90 Å². The van der Waals surface area contributed by atoms with Crippen LogP contribution in [0.25, 0.3) is 17.3 Å². The molecular weight excluding hydrogens is 458 g/mol. The molecule has 0 aliphatic heterocycles. The highest BCUT2D eigenvalue weighted by Crippen LogP contribution is 2.29. The van der Waals surface area contributed by atoms with Gasteiger partial charge in [0.25, 0.3) is 5.91 Å². The van der Waals surface area contributed by atoms with Gasteiger partial charge in [-0.3, -0.25) is 4.79 Å². The predicted molar refractivity (Wildman–Crippen MR) is 138 cm³/mol. The first kappa shape index (κ1) is 24.4. The number of H-pyrrole nitrogens is 1. The number of methoxy groups -OCH3 is 3. The number of rotatable bonds is 9. The Morgan fingerprint density at radius 3 is 2.31 bits per heavy atom. The van der Waals surface area contributed by atoms with E-state index in [1.807, 2.05) is 36.4 Å². The fraction of sp³-hybridized carbons (Fsp3) is 0.143. The van der Waals surface area contributed by atoms with Crippen molar-refractivity contribution in [3.8, 4) is 34.3 Å². The molecule has 0 aliphatic rings. The number of ether oxygens (including phenoxy) is 3. The number of aromatic hydroxyl groups is 1. The maximum absolute atomic E-state index is 13.4. The van der Waals surface area contributed by atoms with Crippen LogP contribution in [-0.4, -0.2) is 42.3 Å². The topological polar surface area (TPSA) is 96.9 Å². The molecule has 0 unspecified atom stereocenters. The van der Waals surface area contributed by atoms with Gasteiger partial charge in [-0.1, -0.05) is 18.2 Å². The van der Waals surface area contributed by atoms with Crippen molar-refractivity contribution >= 4 is 17.7 Å². The number of carbonyl (C=O) groups excluding carboxylic acids is 1. The Balaban J connectivity index is 1.66. The van der Waals surface area contributed by atoms with Gasteiger partial charge in [0.15, 0.2) is 11.5 Å². The summed E-state index contributed by atoms with van der Waals surface area (Å²) in [6.45, 7) is 0.291. The number of phenols is 1. The summed E-state index contributed by atoms with van der Waals surface area (Å²) in [6, 6.07) is 18.1. The van der Waals surface area contributed by atoms with Crippen molar-refractivity contribution in [2.45, 2.75) is 6.54 Å². The van der Waals surface area contributed by atoms with E-state index in [0.29, 0.717) is 23.8 Å². The number of anilines is 1. The van der Waals surface area contributed by atoms with E-state index < -0.39 is 0 Å². The Labute approximate surface area is 209 Å². The van der Waals surface area contributed by atoms with Crippen molar-refractivity contribution in [3.05, 3.63) is 90.4 Å². The molecule has 0 saturated heterocycles. The van der Waals surface area contributed by atoms with Gasteiger partial charge in [0.2, 0.25) is 0 Å². The highest BCUT2D eigenvalue weighted by molar-refractivity contribution is 6.04. The molecule has 3 aromatic carbocycles. The molecule has 2 N–H and O–H groups in total. The van der Waals surface area contributed by atoms with Crippen molar-refractivity contribution in [2.24, 2.45) is 0 Å². The first-order chi connectivity index (χ1) is 17.5. The molecule has 0 aliphatic carbocycles. The van der Waals surface area contributed by atoms with E-state index in [0.717, 1.165) is 28.1 Å². The minimum atomic E-state index is -0.224. The second-order valence-corrected chi connectivity index (χ2v) is 7.92. The van der Waals surface area contributed by atoms with Crippen LogP contribution in [0.4, 0.5) is 5.69 Å². The predicted octanol–water partition coefficient (Wildman–Crippen LogP) is 5.05. The van der Waals surface area contributed by atoms with E-state index in [1.165, 1.54) is 19.3 Å². The Bertz CT molecular complexity index is 1330. The quantitative estimate of drug-likeness (QED) is 0.322. The highest BCUT2D eigenvalue weighted by Gasteiger charge is 2.16. The van der Waals surface area contributed by atoms with Crippen molar-refractivity contribution in [3.63, 3.8) is 0 Å². The highest BCUT2D eigenvalue weighted by atomic mass is 16.5. The number of nitrogens with zero attached hydrogens (tertiary/aromatic N) is 2. The van der Waals surface area contributed by atoms with Gasteiger partial charge in [-0.2, -0.15) is 0 Å². The second kappa shape index (κ2) is 11.1. The summed E-state index contributed by atoms with van der Waals surface area (Å²) in [5, 5.41) is 9.84. The molecule has 1 heterocycles. The van der Waals surface area contributed by atoms with Crippen LogP contribution >= 0.6 is 0 Å². The lowest BCUT2D eigenvalue weighted by Crippen LogP contribution is -2.28. The van der Waals surface area contributed by atoms with Crippen LogP contribution in [0.1, 0.15) is 11.1 Å². The second-order valence-electron chi connectivity index (χ2n) is 7.92. The van der Waals surface area contributed by atoms with Crippen LogP contribution < -0.4 is 19.1 Å². The number of carbonyl (C=O) groups is 1. The number of hydrogen-bond donors (Lipinski definition) is 2. The molecule has 4 aromatic rings. The molecule has 0 radical (unpaired) electrons. The van der Waals surface area contributed by atoms with Gasteiger partial charge in [-0.05, 0) is 59.2 Å². The fourth-order valence-electron chi connectivity index (χ4n) is 3.73. The number of aromatic amines is 1. The summed E-state index contributed by atoms with van der Waals surface area (Å²) >= 11 is 0. The van der Waals surface area contributed by atoms with E-state index >= 15 is 0 Å². The molecule has 184 valence electrons. The lowest BCUT2D eigenvalue weighted by molar-refractivity contribution is -0.114. The zero-order chi connectivity index (χ0) is 25.5. The molecule has 1 amide bonds. The molecule has 0 fully saturated rings. The largest absolute Gasteiger partial charge is 0.504 e. The van der Waals surface area contributed by atoms with Crippen molar-refractivity contribution in [1.82, 2.24) is 9.97 Å². The van der Waals surface area contributed by atoms with Crippen LogP contribution in [0.15, 0.2) is 79.3 Å². The van der Waals surface area contributed by atoms with E-state index in [4.69, 9.17) is 14.2 Å². The molecule has 8 heteroatoms. The molecule has 0 atom stereocenters. The summed E-state index contributed by atoms with van der Waals surface area (Å²) < 4.78 is 16.0. The van der Waals surface area contributed by atoms with Crippen LogP contribution in [-0.2, 0) is 11.3 Å². The molecule has 36 heavy (non-hydrogen) atoms. The lowest BCUT2D eigenvalue weighted by atomic mass is 10.1. The number of nitrogens with one attached hydrogen (secondary N) is 1. The summed E-state index contributed by atoms with van der Waals surface area (Å²) in [6.07, 6.45) is 6.54. The van der Waals surface area contributed by atoms with Crippen LogP contribution in [0.2, 0.25) is 0 Å². The van der Waals surface area contributed by atoms with Crippen LogP contribution in [0.5, 0.6) is 23.0 Å². The molecule has 0 saturated carbocycles. The van der Waals surface area contributed by atoms with Gasteiger partial charge >= 0.3 is 0 Å². The smallest absolute Gasteiger partial charge is 0.251 e. The molecule has 4 rings (SSSR count). The SMILES string of the molecule is COc1cc(CN(C(=O)/C=C/c2ccc(O)c(OC)c2)c2ccc(-c3cnc[nH]3)cc2)cc(OC)c1. The van der Waals surface area contributed by atoms with E-state index in [2.05, 4.69) is 9.97 Å². The van der Waals surface area contributed by atoms with E-state index in [-0.39, 0.29) is 11.7 Å². The molecule has 1 aromatic heterocycles. The van der Waals surface area contributed by atoms with Gasteiger partial charge in [0.05, 0.1) is 46.1 Å². The van der Waals surface area contributed by atoms with Gasteiger partial charge in [-0.25, -0.2) is 4.98 Å².